The Hall–Kier alpha value is -1.83. The molecular weight excluding hydrogens is 338 g/mol. The van der Waals surface area contributed by atoms with Crippen molar-refractivity contribution in [2.24, 2.45) is 0 Å². The van der Waals surface area contributed by atoms with Crippen LogP contribution in [0.3, 0.4) is 0 Å². The lowest BCUT2D eigenvalue weighted by Crippen LogP contribution is -2.20. The molecule has 2 aromatic rings. The van der Waals surface area contributed by atoms with Gasteiger partial charge in [0.25, 0.3) is 0 Å². The first-order chi connectivity index (χ1) is 12.7. The van der Waals surface area contributed by atoms with Gasteiger partial charge in [-0.05, 0) is 84.8 Å². The van der Waals surface area contributed by atoms with E-state index in [1.807, 2.05) is 12.1 Å². The van der Waals surface area contributed by atoms with Crippen LogP contribution in [0.1, 0.15) is 41.5 Å². The molecule has 1 fully saturated rings. The largest absolute Gasteiger partial charge is 0.303 e. The second kappa shape index (κ2) is 7.82. The number of benzene rings is 2. The number of allylic oxidation sites excluding steroid dienone is 3. The fraction of sp³-hybridized carbons (Fsp3) is 0.333. The van der Waals surface area contributed by atoms with Gasteiger partial charge in [-0.2, -0.15) is 0 Å². The molecule has 2 heteroatoms. The third kappa shape index (κ3) is 3.65. The highest BCUT2D eigenvalue weighted by Gasteiger charge is 2.19. The van der Waals surface area contributed by atoms with Crippen molar-refractivity contribution in [2.75, 3.05) is 19.6 Å². The molecule has 0 spiro atoms. The van der Waals surface area contributed by atoms with E-state index >= 15 is 0 Å². The lowest BCUT2D eigenvalue weighted by molar-refractivity contribution is 0.334. The van der Waals surface area contributed by atoms with E-state index in [1.54, 1.807) is 0 Å². The zero-order valence-electron chi connectivity index (χ0n) is 15.3. The lowest BCUT2D eigenvalue weighted by Gasteiger charge is -2.22. The second-order valence-electron chi connectivity index (χ2n) is 7.45. The topological polar surface area (TPSA) is 3.24 Å². The predicted molar refractivity (Wildman–Crippen MR) is 113 cm³/mol. The summed E-state index contributed by atoms with van der Waals surface area (Å²) in [6, 6.07) is 15.0. The molecule has 0 aromatic heterocycles. The molecule has 26 heavy (non-hydrogen) atoms. The summed E-state index contributed by atoms with van der Waals surface area (Å²) in [5.74, 6) is 0. The summed E-state index contributed by atoms with van der Waals surface area (Å²) in [5.41, 5.74) is 7.61. The van der Waals surface area contributed by atoms with Crippen LogP contribution in [0.15, 0.2) is 55.1 Å². The van der Waals surface area contributed by atoms with E-state index in [-0.39, 0.29) is 0 Å². The molecule has 0 N–H and O–H groups in total. The predicted octanol–water partition coefficient (Wildman–Crippen LogP) is 6.02. The number of hydrogen-bond acceptors (Lipinski definition) is 1. The number of hydrogen-bond donors (Lipinski definition) is 0. The van der Waals surface area contributed by atoms with Crippen LogP contribution in [0.4, 0.5) is 0 Å². The third-order valence-corrected chi connectivity index (χ3v) is 6.02. The van der Waals surface area contributed by atoms with Crippen molar-refractivity contribution in [2.45, 2.75) is 32.1 Å². The van der Waals surface area contributed by atoms with Crippen LogP contribution in [0, 0.1) is 0 Å². The molecule has 4 rings (SSSR count). The first kappa shape index (κ1) is 17.6. The van der Waals surface area contributed by atoms with Crippen LogP contribution in [0.5, 0.6) is 0 Å². The van der Waals surface area contributed by atoms with Crippen molar-refractivity contribution in [3.05, 3.63) is 82.4 Å². The molecule has 1 aliphatic heterocycles. The molecule has 2 aliphatic rings. The molecule has 1 nitrogen and oxygen atoms in total. The molecular formula is C24H26ClN. The van der Waals surface area contributed by atoms with Crippen LogP contribution < -0.4 is 0 Å². The van der Waals surface area contributed by atoms with E-state index in [4.69, 9.17) is 11.6 Å². The second-order valence-corrected chi connectivity index (χ2v) is 7.85. The zero-order chi connectivity index (χ0) is 17.9. The van der Waals surface area contributed by atoms with Crippen molar-refractivity contribution >= 4 is 22.7 Å². The van der Waals surface area contributed by atoms with E-state index in [0.29, 0.717) is 0 Å². The molecule has 0 bridgehead atoms. The number of likely N-dealkylation sites (tertiary alicyclic amines) is 1. The van der Waals surface area contributed by atoms with Gasteiger partial charge in [0.1, 0.15) is 0 Å². The standard InChI is InChI=1S/C24H26ClN/c1-18-16-20(17-23-21(18)11-6-12-24(23)25)22-10-3-2-8-19(22)9-7-15-26-13-4-5-14-26/h2-3,6,8,10-12,16H,1,4-5,7,9,13-15,17H2. The van der Waals surface area contributed by atoms with Gasteiger partial charge >= 0.3 is 0 Å². The summed E-state index contributed by atoms with van der Waals surface area (Å²) in [6.07, 6.45) is 8.22. The minimum atomic E-state index is 0.848. The fourth-order valence-corrected chi connectivity index (χ4v) is 4.53. The van der Waals surface area contributed by atoms with Gasteiger partial charge in [-0.1, -0.05) is 60.7 Å². The average molecular weight is 364 g/mol. The van der Waals surface area contributed by atoms with Crippen LogP contribution in [0.25, 0.3) is 11.1 Å². The van der Waals surface area contributed by atoms with Crippen molar-refractivity contribution < 1.29 is 0 Å². The highest BCUT2D eigenvalue weighted by atomic mass is 35.5. The van der Waals surface area contributed by atoms with Gasteiger partial charge in [-0.3, -0.25) is 0 Å². The van der Waals surface area contributed by atoms with Gasteiger partial charge in [0.2, 0.25) is 0 Å². The van der Waals surface area contributed by atoms with E-state index in [2.05, 4.69) is 47.9 Å². The summed E-state index contributed by atoms with van der Waals surface area (Å²) in [5, 5.41) is 0.848. The molecule has 1 heterocycles. The summed E-state index contributed by atoms with van der Waals surface area (Å²) in [7, 11) is 0. The molecule has 1 aliphatic carbocycles. The van der Waals surface area contributed by atoms with Crippen LogP contribution in [-0.4, -0.2) is 24.5 Å². The molecule has 0 unspecified atom stereocenters. The Bertz CT molecular complexity index is 843. The first-order valence-electron chi connectivity index (χ1n) is 9.70. The maximum absolute atomic E-state index is 6.48. The summed E-state index contributed by atoms with van der Waals surface area (Å²) >= 11 is 6.48. The fourth-order valence-electron chi connectivity index (χ4n) is 4.29. The SMILES string of the molecule is C=C1C=C(c2ccccc2CCCN2CCCC2)Cc2c(Cl)cccc21. The average Bonchev–Trinajstić information content (AvgIpc) is 3.16. The van der Waals surface area contributed by atoms with Gasteiger partial charge in [-0.25, -0.2) is 0 Å². The molecule has 2 aromatic carbocycles. The maximum atomic E-state index is 6.48. The highest BCUT2D eigenvalue weighted by Crippen LogP contribution is 2.37. The zero-order valence-corrected chi connectivity index (χ0v) is 16.1. The van der Waals surface area contributed by atoms with E-state index in [1.165, 1.54) is 66.7 Å². The Kier molecular flexibility index (Phi) is 5.28. The summed E-state index contributed by atoms with van der Waals surface area (Å²) < 4.78 is 0. The van der Waals surface area contributed by atoms with Crippen molar-refractivity contribution in [1.29, 1.82) is 0 Å². The molecule has 0 amide bonds. The van der Waals surface area contributed by atoms with Crippen LogP contribution >= 0.6 is 11.6 Å². The number of nitrogens with zero attached hydrogens (tertiary/aromatic N) is 1. The quantitative estimate of drug-likeness (QED) is 0.627. The number of rotatable bonds is 5. The minimum absolute atomic E-state index is 0.848. The monoisotopic (exact) mass is 363 g/mol. The minimum Gasteiger partial charge on any atom is -0.303 e. The summed E-state index contributed by atoms with van der Waals surface area (Å²) in [4.78, 5) is 2.60. The summed E-state index contributed by atoms with van der Waals surface area (Å²) in [6.45, 7) is 8.05. The Labute approximate surface area is 162 Å². The lowest BCUT2D eigenvalue weighted by atomic mass is 9.84. The Morgan fingerprint density at radius 3 is 2.58 bits per heavy atom. The van der Waals surface area contributed by atoms with Gasteiger partial charge in [0.15, 0.2) is 0 Å². The Morgan fingerprint density at radius 1 is 0.962 bits per heavy atom. The normalized spacial score (nSPS) is 17.3. The van der Waals surface area contributed by atoms with Gasteiger partial charge in [0, 0.05) is 11.4 Å². The van der Waals surface area contributed by atoms with Gasteiger partial charge < -0.3 is 4.90 Å². The Balaban J connectivity index is 1.54. The van der Waals surface area contributed by atoms with E-state index in [9.17, 15) is 0 Å². The number of aryl methyl sites for hydroxylation is 1. The van der Waals surface area contributed by atoms with Crippen molar-refractivity contribution in [3.8, 4) is 0 Å². The molecule has 0 atom stereocenters. The Morgan fingerprint density at radius 2 is 1.73 bits per heavy atom. The van der Waals surface area contributed by atoms with Crippen molar-refractivity contribution in [3.63, 3.8) is 0 Å². The highest BCUT2D eigenvalue weighted by molar-refractivity contribution is 6.31. The smallest absolute Gasteiger partial charge is 0.0447 e. The van der Waals surface area contributed by atoms with Crippen LogP contribution in [0.2, 0.25) is 5.02 Å². The molecule has 1 saturated heterocycles. The molecule has 0 saturated carbocycles. The number of fused-ring (bicyclic) bond motifs is 1. The first-order valence-corrected chi connectivity index (χ1v) is 10.1. The van der Waals surface area contributed by atoms with E-state index in [0.717, 1.165) is 23.4 Å². The molecule has 134 valence electrons. The maximum Gasteiger partial charge on any atom is 0.0447 e. The number of halogens is 1. The molecule has 0 radical (unpaired) electrons. The van der Waals surface area contributed by atoms with E-state index < -0.39 is 0 Å². The van der Waals surface area contributed by atoms with Gasteiger partial charge in [-0.15, -0.1) is 0 Å². The van der Waals surface area contributed by atoms with Crippen molar-refractivity contribution in [1.82, 2.24) is 4.90 Å². The van der Waals surface area contributed by atoms with Gasteiger partial charge in [0.05, 0.1) is 0 Å². The third-order valence-electron chi connectivity index (χ3n) is 5.66. The van der Waals surface area contributed by atoms with Crippen LogP contribution in [-0.2, 0) is 12.8 Å².